The summed E-state index contributed by atoms with van der Waals surface area (Å²) >= 11 is 13.0. The van der Waals surface area contributed by atoms with Gasteiger partial charge in [-0.2, -0.15) is 0 Å². The third kappa shape index (κ3) is 2.62. The molecule has 0 aliphatic heterocycles. The van der Waals surface area contributed by atoms with Crippen molar-refractivity contribution in [2.75, 3.05) is 5.88 Å². The molecular weight excluding hydrogens is 201 g/mol. The van der Waals surface area contributed by atoms with Gasteiger partial charge >= 0.3 is 0 Å². The van der Waals surface area contributed by atoms with Crippen molar-refractivity contribution < 1.29 is 0 Å². The van der Waals surface area contributed by atoms with E-state index in [0.717, 1.165) is 16.5 Å². The van der Waals surface area contributed by atoms with Gasteiger partial charge in [-0.15, -0.1) is 22.9 Å². The van der Waals surface area contributed by atoms with E-state index in [2.05, 4.69) is 11.9 Å². The van der Waals surface area contributed by atoms with Crippen LogP contribution in [0.3, 0.4) is 0 Å². The molecule has 1 aromatic rings. The third-order valence-electron chi connectivity index (χ3n) is 1.40. The molecule has 0 spiro atoms. The predicted molar refractivity (Wildman–Crippen MR) is 50.7 cm³/mol. The first-order valence-corrected chi connectivity index (χ1v) is 5.17. The predicted octanol–water partition coefficient (Wildman–Crippen LogP) is 3.21. The summed E-state index contributed by atoms with van der Waals surface area (Å²) in [7, 11) is 0. The zero-order valence-corrected chi connectivity index (χ0v) is 8.51. The molecule has 1 nitrogen and oxygen atoms in total. The van der Waals surface area contributed by atoms with Gasteiger partial charge in [0.15, 0.2) is 0 Å². The number of hydrogen-bond donors (Lipinski definition) is 0. The van der Waals surface area contributed by atoms with E-state index in [1.165, 1.54) is 11.3 Å². The fourth-order valence-electron chi connectivity index (χ4n) is 0.773. The summed E-state index contributed by atoms with van der Waals surface area (Å²) in [6.07, 6.45) is 0.881. The number of thiazole rings is 1. The van der Waals surface area contributed by atoms with Gasteiger partial charge in [0.1, 0.15) is 4.34 Å². The van der Waals surface area contributed by atoms with Gasteiger partial charge in [0.2, 0.25) is 0 Å². The zero-order chi connectivity index (χ0) is 8.27. The maximum atomic E-state index is 5.85. The molecule has 0 bridgehead atoms. The van der Waals surface area contributed by atoms with Crippen molar-refractivity contribution >= 4 is 34.5 Å². The molecule has 0 aliphatic rings. The Balaban J connectivity index is 2.56. The lowest BCUT2D eigenvalue weighted by Crippen LogP contribution is -2.01. The van der Waals surface area contributed by atoms with E-state index in [0.29, 0.717) is 11.8 Å². The van der Waals surface area contributed by atoms with Crippen LogP contribution in [-0.2, 0) is 6.42 Å². The van der Waals surface area contributed by atoms with Gasteiger partial charge in [0.25, 0.3) is 0 Å². The molecule has 0 radical (unpaired) electrons. The van der Waals surface area contributed by atoms with Crippen LogP contribution in [0.4, 0.5) is 0 Å². The average Bonchev–Trinajstić information content (AvgIpc) is 2.37. The highest BCUT2D eigenvalue weighted by Gasteiger charge is 2.07. The molecule has 0 fully saturated rings. The van der Waals surface area contributed by atoms with Crippen LogP contribution in [-0.4, -0.2) is 10.9 Å². The van der Waals surface area contributed by atoms with Crippen LogP contribution < -0.4 is 0 Å². The molecule has 4 heteroatoms. The molecule has 1 heterocycles. The lowest BCUT2D eigenvalue weighted by molar-refractivity contribution is 0.645. The molecule has 0 aliphatic carbocycles. The number of nitrogens with zero attached hydrogens (tertiary/aromatic N) is 1. The van der Waals surface area contributed by atoms with Gasteiger partial charge in [-0.1, -0.05) is 18.5 Å². The van der Waals surface area contributed by atoms with Crippen LogP contribution in [0, 0.1) is 5.92 Å². The van der Waals surface area contributed by atoms with Crippen molar-refractivity contribution in [3.05, 3.63) is 15.5 Å². The molecule has 0 N–H and O–H groups in total. The van der Waals surface area contributed by atoms with E-state index in [1.807, 2.05) is 0 Å². The minimum atomic E-state index is 0.455. The van der Waals surface area contributed by atoms with Gasteiger partial charge in [0.05, 0.1) is 11.2 Å². The minimum Gasteiger partial charge on any atom is -0.248 e. The average molecular weight is 210 g/mol. The smallest absolute Gasteiger partial charge is 0.116 e. The fraction of sp³-hybridized carbons (Fsp3) is 0.571. The molecule has 0 saturated heterocycles. The SMILES string of the molecule is CC(CCl)Cc1ncsc1Cl. The van der Waals surface area contributed by atoms with Gasteiger partial charge in [-0.3, -0.25) is 0 Å². The van der Waals surface area contributed by atoms with Crippen LogP contribution in [0.15, 0.2) is 5.51 Å². The topological polar surface area (TPSA) is 12.9 Å². The van der Waals surface area contributed by atoms with Gasteiger partial charge in [0, 0.05) is 5.88 Å². The Morgan fingerprint density at radius 2 is 2.45 bits per heavy atom. The van der Waals surface area contributed by atoms with Crippen molar-refractivity contribution in [3.63, 3.8) is 0 Å². The van der Waals surface area contributed by atoms with E-state index in [1.54, 1.807) is 5.51 Å². The quantitative estimate of drug-likeness (QED) is 0.698. The van der Waals surface area contributed by atoms with Gasteiger partial charge in [-0.05, 0) is 12.3 Å². The molecule has 0 saturated carbocycles. The summed E-state index contributed by atoms with van der Waals surface area (Å²) in [5, 5.41) is 0. The van der Waals surface area contributed by atoms with Crippen molar-refractivity contribution in [1.82, 2.24) is 4.98 Å². The maximum absolute atomic E-state index is 5.85. The number of halogens is 2. The van der Waals surface area contributed by atoms with Crippen LogP contribution >= 0.6 is 34.5 Å². The second-order valence-electron chi connectivity index (χ2n) is 2.54. The van der Waals surface area contributed by atoms with Crippen molar-refractivity contribution in [2.24, 2.45) is 5.92 Å². The number of hydrogen-bond acceptors (Lipinski definition) is 2. The van der Waals surface area contributed by atoms with Crippen LogP contribution in [0.25, 0.3) is 0 Å². The number of aromatic nitrogens is 1. The first-order valence-electron chi connectivity index (χ1n) is 3.38. The van der Waals surface area contributed by atoms with E-state index < -0.39 is 0 Å². The number of rotatable bonds is 3. The summed E-state index contributed by atoms with van der Waals surface area (Å²) in [5.74, 6) is 1.12. The van der Waals surface area contributed by atoms with Crippen LogP contribution in [0.5, 0.6) is 0 Å². The van der Waals surface area contributed by atoms with Gasteiger partial charge < -0.3 is 0 Å². The highest BCUT2D eigenvalue weighted by Crippen LogP contribution is 2.22. The van der Waals surface area contributed by atoms with Crippen molar-refractivity contribution in [3.8, 4) is 0 Å². The Morgan fingerprint density at radius 3 is 2.91 bits per heavy atom. The first-order chi connectivity index (χ1) is 5.24. The van der Waals surface area contributed by atoms with Crippen molar-refractivity contribution in [2.45, 2.75) is 13.3 Å². The highest BCUT2D eigenvalue weighted by molar-refractivity contribution is 7.14. The molecule has 0 aromatic carbocycles. The Morgan fingerprint density at radius 1 is 1.73 bits per heavy atom. The minimum absolute atomic E-state index is 0.455. The standard InChI is InChI=1S/C7H9Cl2NS/c1-5(3-8)2-6-7(9)11-4-10-6/h4-5H,2-3H2,1H3. The number of alkyl halides is 1. The molecule has 1 unspecified atom stereocenters. The second kappa shape index (κ2) is 4.29. The zero-order valence-electron chi connectivity index (χ0n) is 6.18. The highest BCUT2D eigenvalue weighted by atomic mass is 35.5. The molecule has 1 rings (SSSR count). The summed E-state index contributed by atoms with van der Waals surface area (Å²) < 4.78 is 0.793. The molecule has 1 atom stereocenters. The molecule has 0 amide bonds. The Kier molecular flexibility index (Phi) is 3.63. The molecule has 1 aromatic heterocycles. The van der Waals surface area contributed by atoms with E-state index >= 15 is 0 Å². The van der Waals surface area contributed by atoms with Gasteiger partial charge in [-0.25, -0.2) is 4.98 Å². The van der Waals surface area contributed by atoms with Crippen LogP contribution in [0.1, 0.15) is 12.6 Å². The Labute approximate surface area is 80.4 Å². The van der Waals surface area contributed by atoms with Crippen molar-refractivity contribution in [1.29, 1.82) is 0 Å². The molecule has 11 heavy (non-hydrogen) atoms. The Hall–Kier alpha value is 0.210. The summed E-state index contributed by atoms with van der Waals surface area (Å²) in [4.78, 5) is 4.13. The molecular formula is C7H9Cl2NS. The molecule has 62 valence electrons. The third-order valence-corrected chi connectivity index (χ3v) is 3.06. The largest absolute Gasteiger partial charge is 0.248 e. The normalized spacial score (nSPS) is 13.4. The second-order valence-corrected chi connectivity index (χ2v) is 4.30. The summed E-state index contributed by atoms with van der Waals surface area (Å²) in [6, 6.07) is 0. The van der Waals surface area contributed by atoms with E-state index in [9.17, 15) is 0 Å². The van der Waals surface area contributed by atoms with E-state index in [-0.39, 0.29) is 0 Å². The monoisotopic (exact) mass is 209 g/mol. The Bertz CT molecular complexity index is 224. The fourth-order valence-corrected chi connectivity index (χ4v) is 1.67. The lowest BCUT2D eigenvalue weighted by atomic mass is 10.1. The lowest BCUT2D eigenvalue weighted by Gasteiger charge is -2.03. The van der Waals surface area contributed by atoms with E-state index in [4.69, 9.17) is 23.2 Å². The summed E-state index contributed by atoms with van der Waals surface area (Å²) in [6.45, 7) is 2.09. The summed E-state index contributed by atoms with van der Waals surface area (Å²) in [5.41, 5.74) is 2.74. The first kappa shape index (κ1) is 9.30. The van der Waals surface area contributed by atoms with Crippen LogP contribution in [0.2, 0.25) is 4.34 Å². The maximum Gasteiger partial charge on any atom is 0.116 e.